The molecule has 0 fully saturated rings. The van der Waals surface area contributed by atoms with Gasteiger partial charge in [-0.25, -0.2) is 19.7 Å². The van der Waals surface area contributed by atoms with E-state index in [4.69, 9.17) is 57.8 Å². The van der Waals surface area contributed by atoms with Gasteiger partial charge in [-0.15, -0.1) is 5.11 Å². The fraction of sp³-hybridized carbons (Fsp3) is 0.596. The summed E-state index contributed by atoms with van der Waals surface area (Å²) in [6.07, 6.45) is 2.68. The van der Waals surface area contributed by atoms with Crippen LogP contribution in [0, 0.1) is 0 Å². The van der Waals surface area contributed by atoms with E-state index in [0.717, 1.165) is 0 Å². The number of ether oxygens (including phenoxy) is 11. The molecule has 0 spiro atoms. The second kappa shape index (κ2) is 42.1. The topological polar surface area (TPSA) is 373 Å². The van der Waals surface area contributed by atoms with E-state index in [0.29, 0.717) is 168 Å². The number of amides is 3. The molecule has 0 saturated heterocycles. The maximum Gasteiger partial charge on any atom is 0.326 e. The van der Waals surface area contributed by atoms with E-state index in [1.807, 2.05) is 13.8 Å². The maximum atomic E-state index is 12.8. The number of pyridine rings is 1. The van der Waals surface area contributed by atoms with Gasteiger partial charge in [-0.3, -0.25) is 24.2 Å². The lowest BCUT2D eigenvalue weighted by atomic mass is 10.1. The lowest BCUT2D eigenvalue weighted by Crippen LogP contribution is -2.41. The molecule has 3 amide bonds. The van der Waals surface area contributed by atoms with Crippen LogP contribution in [0.1, 0.15) is 53.1 Å². The molecular weight excluding hydrogens is 1060 g/mol. The number of nitrogen functional groups attached to an aromatic ring is 1. The summed E-state index contributed by atoms with van der Waals surface area (Å²) in [6, 6.07) is 8.38. The lowest BCUT2D eigenvalue weighted by Gasteiger charge is -2.15. The smallest absolute Gasteiger partial charge is 0.326 e. The molecule has 1 unspecified atom stereocenters. The zero-order chi connectivity index (χ0) is 58.0. The fourth-order valence-electron chi connectivity index (χ4n) is 6.51. The number of nitrogens with zero attached hydrogens (tertiary/aromatic N) is 6. The van der Waals surface area contributed by atoms with Gasteiger partial charge in [-0.05, 0) is 56.7 Å². The van der Waals surface area contributed by atoms with Gasteiger partial charge in [0.25, 0.3) is 17.4 Å². The normalized spacial score (nSPS) is 11.8. The van der Waals surface area contributed by atoms with Crippen LogP contribution in [0.15, 0.2) is 63.8 Å². The number of benzene rings is 1. The molecular formula is C52H78N12O17. The number of carbonyl (C=O) groups excluding carboxylic acids is 3. The Morgan fingerprint density at radius 2 is 1.06 bits per heavy atom. The summed E-state index contributed by atoms with van der Waals surface area (Å²) in [6.45, 7) is 13.6. The minimum absolute atomic E-state index is 0.0488. The van der Waals surface area contributed by atoms with Crippen LogP contribution in [-0.2, 0) is 68.2 Å². The Labute approximate surface area is 469 Å². The summed E-state index contributed by atoms with van der Waals surface area (Å²) in [5.74, 6) is -2.12. The summed E-state index contributed by atoms with van der Waals surface area (Å²) in [7, 11) is 0. The molecule has 3 heterocycles. The largest absolute Gasteiger partial charge is 0.480 e. The van der Waals surface area contributed by atoms with E-state index in [9.17, 15) is 29.1 Å². The van der Waals surface area contributed by atoms with Gasteiger partial charge in [0, 0.05) is 37.0 Å². The van der Waals surface area contributed by atoms with Gasteiger partial charge < -0.3 is 84.2 Å². The molecule has 81 heavy (non-hydrogen) atoms. The number of hydrogen-bond acceptors (Lipinski definition) is 24. The highest BCUT2D eigenvalue weighted by Gasteiger charge is 2.22. The predicted octanol–water partition coefficient (Wildman–Crippen LogP) is 1.49. The number of carboxylic acid groups (broad SMARTS) is 1. The molecule has 3 aromatic heterocycles. The average molecular weight is 1140 g/mol. The fourth-order valence-corrected chi connectivity index (χ4v) is 6.51. The molecule has 0 radical (unpaired) electrons. The van der Waals surface area contributed by atoms with Gasteiger partial charge in [0.1, 0.15) is 6.04 Å². The standard InChI is InChI=1S/C52H78N12O17/c1-38(2)63-64-44-9-5-40(35-57-44)48(66)55-12-14-72-16-18-74-20-22-76-24-26-78-28-30-80-32-34-81-33-31-79-29-27-77-25-23-75-21-19-73-17-15-71-13-11-54-45(65)10-8-43(51(69)70)60-49(67)39-3-6-41(7-4-39)56-36-42-37-58-47-46(59-42)50(68)62-52(53)61-47/h3-7,9,35,37-38,43,56H,8,10-34,36H2,1-2H3,(H,54,65)(H,55,66)(H,60,67)(H,69,70)(H3,53,58,61,62,68). The van der Waals surface area contributed by atoms with Crippen LogP contribution >= 0.6 is 0 Å². The summed E-state index contributed by atoms with van der Waals surface area (Å²) >= 11 is 0. The number of aliphatic carboxylic acids is 1. The van der Waals surface area contributed by atoms with Crippen molar-refractivity contribution in [2.45, 2.75) is 45.3 Å². The first-order valence-corrected chi connectivity index (χ1v) is 26.6. The van der Waals surface area contributed by atoms with Gasteiger partial charge in [-0.2, -0.15) is 10.1 Å². The third-order valence-corrected chi connectivity index (χ3v) is 10.6. The quantitative estimate of drug-likeness (QED) is 0.0243. The predicted molar refractivity (Wildman–Crippen MR) is 292 cm³/mol. The van der Waals surface area contributed by atoms with E-state index in [-0.39, 0.29) is 73.1 Å². The number of carbonyl (C=O) groups is 4. The number of nitrogens with two attached hydrogens (primary N) is 1. The van der Waals surface area contributed by atoms with Crippen LogP contribution < -0.4 is 32.6 Å². The number of azo groups is 1. The van der Waals surface area contributed by atoms with E-state index < -0.39 is 23.5 Å². The molecule has 4 aromatic rings. The molecule has 0 saturated carbocycles. The highest BCUT2D eigenvalue weighted by Crippen LogP contribution is 2.13. The van der Waals surface area contributed by atoms with Gasteiger partial charge >= 0.3 is 5.97 Å². The Morgan fingerprint density at radius 1 is 0.593 bits per heavy atom. The Hall–Kier alpha value is -6.77. The molecule has 0 bridgehead atoms. The number of hydrogen-bond donors (Lipinski definition) is 7. The third kappa shape index (κ3) is 31.1. The average Bonchev–Trinajstić information content (AvgIpc) is 3.52. The van der Waals surface area contributed by atoms with Crippen molar-refractivity contribution in [1.82, 2.24) is 40.9 Å². The second-order valence-electron chi connectivity index (χ2n) is 17.4. The molecule has 29 heteroatoms. The zero-order valence-corrected chi connectivity index (χ0v) is 46.1. The van der Waals surface area contributed by atoms with Crippen molar-refractivity contribution in [2.75, 3.05) is 169 Å². The summed E-state index contributed by atoms with van der Waals surface area (Å²) < 4.78 is 60.5. The van der Waals surface area contributed by atoms with Crippen molar-refractivity contribution < 1.29 is 76.4 Å². The summed E-state index contributed by atoms with van der Waals surface area (Å²) in [4.78, 5) is 80.2. The van der Waals surface area contributed by atoms with Crippen LogP contribution in [0.25, 0.3) is 11.2 Å². The van der Waals surface area contributed by atoms with E-state index in [2.05, 4.69) is 56.4 Å². The SMILES string of the molecule is CC(C)N=Nc1ccc(C(=O)NCCOCCOCCOCCOCCOCCOCCOCCOCCOCCOCCOCCNC(=O)CCC(NC(=O)c2ccc(NCc3cnc4nc(N)[nH]c(=O)c4n3)cc2)C(=O)O)cn1. The van der Waals surface area contributed by atoms with Crippen LogP contribution in [0.4, 0.5) is 17.5 Å². The molecule has 8 N–H and O–H groups in total. The second-order valence-corrected chi connectivity index (χ2v) is 17.4. The lowest BCUT2D eigenvalue weighted by molar-refractivity contribution is -0.139. The van der Waals surface area contributed by atoms with Crippen LogP contribution in [0.2, 0.25) is 0 Å². The Balaban J connectivity index is 0.810. The van der Waals surface area contributed by atoms with E-state index in [1.54, 1.807) is 24.3 Å². The van der Waals surface area contributed by atoms with E-state index >= 15 is 0 Å². The van der Waals surface area contributed by atoms with E-state index in [1.165, 1.54) is 24.5 Å². The van der Waals surface area contributed by atoms with Crippen LogP contribution in [0.3, 0.4) is 0 Å². The number of H-pyrrole nitrogens is 1. The van der Waals surface area contributed by atoms with Crippen molar-refractivity contribution in [2.24, 2.45) is 10.2 Å². The first-order valence-electron chi connectivity index (χ1n) is 26.6. The molecule has 0 aliphatic carbocycles. The van der Waals surface area contributed by atoms with Crippen LogP contribution in [-0.4, -0.2) is 224 Å². The van der Waals surface area contributed by atoms with Crippen molar-refractivity contribution in [3.05, 3.63) is 76.0 Å². The van der Waals surface area contributed by atoms with Crippen molar-refractivity contribution in [3.8, 4) is 0 Å². The monoisotopic (exact) mass is 1140 g/mol. The first-order chi connectivity index (χ1) is 39.5. The number of aromatic nitrogens is 5. The number of nitrogens with one attached hydrogen (secondary N) is 5. The van der Waals surface area contributed by atoms with Gasteiger partial charge in [0.15, 0.2) is 17.0 Å². The molecule has 1 atom stereocenters. The summed E-state index contributed by atoms with van der Waals surface area (Å²) in [5.41, 5.74) is 6.96. The Bertz CT molecular complexity index is 2480. The zero-order valence-electron chi connectivity index (χ0n) is 46.1. The summed E-state index contributed by atoms with van der Waals surface area (Å²) in [5, 5.41) is 28.7. The van der Waals surface area contributed by atoms with Crippen LogP contribution in [0.5, 0.6) is 0 Å². The first kappa shape index (κ1) is 66.7. The third-order valence-electron chi connectivity index (χ3n) is 10.6. The Morgan fingerprint density at radius 3 is 1.52 bits per heavy atom. The van der Waals surface area contributed by atoms with Crippen molar-refractivity contribution in [3.63, 3.8) is 0 Å². The number of aromatic amines is 1. The molecule has 4 rings (SSSR count). The Kier molecular flexibility index (Phi) is 34.7. The van der Waals surface area contributed by atoms with Gasteiger partial charge in [0.05, 0.1) is 175 Å². The highest BCUT2D eigenvalue weighted by atomic mass is 16.6. The molecule has 0 aliphatic heterocycles. The molecule has 1 aromatic carbocycles. The minimum Gasteiger partial charge on any atom is -0.480 e. The van der Waals surface area contributed by atoms with Gasteiger partial charge in [0.2, 0.25) is 11.9 Å². The molecule has 448 valence electrons. The number of fused-ring (bicyclic) bond motifs is 1. The number of anilines is 2. The highest BCUT2D eigenvalue weighted by molar-refractivity contribution is 5.97. The van der Waals surface area contributed by atoms with Crippen molar-refractivity contribution >= 4 is 52.3 Å². The molecule has 29 nitrogen and oxygen atoms in total. The number of rotatable bonds is 48. The van der Waals surface area contributed by atoms with Crippen molar-refractivity contribution in [1.29, 1.82) is 0 Å². The van der Waals surface area contributed by atoms with Gasteiger partial charge in [-0.1, -0.05) is 0 Å². The maximum absolute atomic E-state index is 12.8. The number of carboxylic acids is 1. The minimum atomic E-state index is -1.29. The molecule has 0 aliphatic rings.